The fraction of sp³-hybridized carbons (Fsp3) is 0.400. The number of nitrogen functional groups attached to an aromatic ring is 1. The molecule has 6 heteroatoms. The van der Waals surface area contributed by atoms with Gasteiger partial charge in [0.1, 0.15) is 12.4 Å². The van der Waals surface area contributed by atoms with Crippen molar-refractivity contribution in [1.29, 1.82) is 0 Å². The predicted octanol–water partition coefficient (Wildman–Crippen LogP) is 1.43. The van der Waals surface area contributed by atoms with E-state index in [0.29, 0.717) is 18.1 Å². The highest BCUT2D eigenvalue weighted by Crippen LogP contribution is 2.25. The molecule has 1 heterocycles. The molecule has 1 aromatic rings. The normalized spacial score (nSPS) is 9.94. The highest BCUT2D eigenvalue weighted by atomic mass is 79.9. The molecule has 0 spiro atoms. The summed E-state index contributed by atoms with van der Waals surface area (Å²) in [4.78, 5) is 17.2. The fourth-order valence-corrected chi connectivity index (χ4v) is 1.85. The summed E-state index contributed by atoms with van der Waals surface area (Å²) < 4.78 is 5.38. The molecule has 0 aliphatic heterocycles. The van der Waals surface area contributed by atoms with E-state index in [1.54, 1.807) is 17.2 Å². The summed E-state index contributed by atoms with van der Waals surface area (Å²) >= 11 is 3.36. The average molecular weight is 288 g/mol. The summed E-state index contributed by atoms with van der Waals surface area (Å²) in [6, 6.07) is 1.75. The number of rotatable bonds is 4. The van der Waals surface area contributed by atoms with Crippen LogP contribution in [0.4, 0.5) is 11.5 Å². The molecule has 0 saturated heterocycles. The number of nitrogens with zero attached hydrogens (tertiary/aromatic N) is 2. The monoisotopic (exact) mass is 287 g/mol. The molecule has 0 unspecified atom stereocenters. The summed E-state index contributed by atoms with van der Waals surface area (Å²) in [7, 11) is 1.36. The number of esters is 1. The van der Waals surface area contributed by atoms with Gasteiger partial charge in [0.15, 0.2) is 0 Å². The Balaban J connectivity index is 2.90. The van der Waals surface area contributed by atoms with E-state index in [1.807, 2.05) is 6.92 Å². The highest BCUT2D eigenvalue weighted by molar-refractivity contribution is 9.10. The van der Waals surface area contributed by atoms with E-state index in [-0.39, 0.29) is 12.5 Å². The first-order chi connectivity index (χ1) is 7.58. The van der Waals surface area contributed by atoms with Gasteiger partial charge in [-0.05, 0) is 28.9 Å². The Kier molecular flexibility index (Phi) is 4.54. The average Bonchev–Trinajstić information content (AvgIpc) is 2.26. The van der Waals surface area contributed by atoms with Gasteiger partial charge in [-0.1, -0.05) is 0 Å². The molecule has 0 amide bonds. The largest absolute Gasteiger partial charge is 0.468 e. The maximum absolute atomic E-state index is 11.2. The molecule has 1 rings (SSSR count). The third-order valence-electron chi connectivity index (χ3n) is 2.07. The Labute approximate surface area is 103 Å². The number of likely N-dealkylation sites (N-methyl/N-ethyl adjacent to an activating group) is 1. The molecule has 0 atom stereocenters. The van der Waals surface area contributed by atoms with Crippen LogP contribution in [0.1, 0.15) is 6.92 Å². The number of carbonyl (C=O) groups is 1. The number of anilines is 2. The lowest BCUT2D eigenvalue weighted by Crippen LogP contribution is -2.31. The minimum Gasteiger partial charge on any atom is -0.468 e. The van der Waals surface area contributed by atoms with Crippen LogP contribution in [0.15, 0.2) is 16.7 Å². The Morgan fingerprint density at radius 2 is 2.38 bits per heavy atom. The molecule has 0 fully saturated rings. The van der Waals surface area contributed by atoms with Gasteiger partial charge in [0.25, 0.3) is 0 Å². The van der Waals surface area contributed by atoms with Crippen LogP contribution in [0.25, 0.3) is 0 Å². The topological polar surface area (TPSA) is 68.5 Å². The van der Waals surface area contributed by atoms with E-state index in [1.165, 1.54) is 7.11 Å². The van der Waals surface area contributed by atoms with Gasteiger partial charge < -0.3 is 15.4 Å². The summed E-state index contributed by atoms with van der Waals surface area (Å²) in [6.07, 6.45) is 1.56. The number of hydrogen-bond donors (Lipinski definition) is 1. The molecule has 0 saturated carbocycles. The lowest BCUT2D eigenvalue weighted by Gasteiger charge is -2.21. The van der Waals surface area contributed by atoms with Crippen molar-refractivity contribution in [3.8, 4) is 0 Å². The standard InChI is InChI=1S/C10H14BrN3O2/c1-3-14(6-9(15)16-2)10-8(11)4-7(12)5-13-10/h4-5H,3,6,12H2,1-2H3. The quantitative estimate of drug-likeness (QED) is 0.849. The number of methoxy groups -OCH3 is 1. The van der Waals surface area contributed by atoms with Gasteiger partial charge >= 0.3 is 5.97 Å². The maximum Gasteiger partial charge on any atom is 0.325 e. The molecule has 2 N–H and O–H groups in total. The summed E-state index contributed by atoms with van der Waals surface area (Å²) in [5.41, 5.74) is 6.17. The smallest absolute Gasteiger partial charge is 0.325 e. The second-order valence-electron chi connectivity index (χ2n) is 3.16. The zero-order chi connectivity index (χ0) is 12.1. The minimum absolute atomic E-state index is 0.169. The number of carbonyl (C=O) groups excluding carboxylic acids is 1. The SMILES string of the molecule is CCN(CC(=O)OC)c1ncc(N)cc1Br. The van der Waals surface area contributed by atoms with Gasteiger partial charge in [-0.15, -0.1) is 0 Å². The number of pyridine rings is 1. The predicted molar refractivity (Wildman–Crippen MR) is 66.3 cm³/mol. The lowest BCUT2D eigenvalue weighted by atomic mass is 10.3. The third-order valence-corrected chi connectivity index (χ3v) is 2.66. The third kappa shape index (κ3) is 3.10. The number of hydrogen-bond acceptors (Lipinski definition) is 5. The van der Waals surface area contributed by atoms with Crippen LogP contribution in [-0.2, 0) is 9.53 Å². The summed E-state index contributed by atoms with van der Waals surface area (Å²) in [5, 5.41) is 0. The molecule has 0 bridgehead atoms. The van der Waals surface area contributed by atoms with Crippen LogP contribution in [0, 0.1) is 0 Å². The molecular weight excluding hydrogens is 274 g/mol. The van der Waals surface area contributed by atoms with E-state index in [9.17, 15) is 4.79 Å². The zero-order valence-corrected chi connectivity index (χ0v) is 10.8. The van der Waals surface area contributed by atoms with E-state index >= 15 is 0 Å². The minimum atomic E-state index is -0.299. The fourth-order valence-electron chi connectivity index (χ4n) is 1.24. The van der Waals surface area contributed by atoms with Crippen molar-refractivity contribution < 1.29 is 9.53 Å². The van der Waals surface area contributed by atoms with Gasteiger partial charge in [0.2, 0.25) is 0 Å². The molecule has 0 aliphatic rings. The Morgan fingerprint density at radius 3 is 2.88 bits per heavy atom. The van der Waals surface area contributed by atoms with Crippen molar-refractivity contribution in [3.05, 3.63) is 16.7 Å². The van der Waals surface area contributed by atoms with Crippen LogP contribution in [0.3, 0.4) is 0 Å². The van der Waals surface area contributed by atoms with Crippen LogP contribution < -0.4 is 10.6 Å². The first kappa shape index (κ1) is 12.8. The van der Waals surface area contributed by atoms with E-state index in [2.05, 4.69) is 25.7 Å². The maximum atomic E-state index is 11.2. The molecule has 88 valence electrons. The van der Waals surface area contributed by atoms with E-state index in [4.69, 9.17) is 5.73 Å². The van der Waals surface area contributed by atoms with Gasteiger partial charge in [-0.25, -0.2) is 4.98 Å². The number of ether oxygens (including phenoxy) is 1. The van der Waals surface area contributed by atoms with Gasteiger partial charge in [-0.2, -0.15) is 0 Å². The van der Waals surface area contributed by atoms with Gasteiger partial charge in [-0.3, -0.25) is 4.79 Å². The molecule has 0 aromatic carbocycles. The Bertz CT molecular complexity index is 384. The molecule has 1 aromatic heterocycles. The number of aromatic nitrogens is 1. The second-order valence-corrected chi connectivity index (χ2v) is 4.02. The second kappa shape index (κ2) is 5.69. The van der Waals surface area contributed by atoms with Gasteiger partial charge in [0, 0.05) is 6.54 Å². The number of halogens is 1. The lowest BCUT2D eigenvalue weighted by molar-refractivity contribution is -0.138. The van der Waals surface area contributed by atoms with Crippen molar-refractivity contribution in [2.45, 2.75) is 6.92 Å². The van der Waals surface area contributed by atoms with Crippen molar-refractivity contribution >= 4 is 33.4 Å². The molecule has 16 heavy (non-hydrogen) atoms. The highest BCUT2D eigenvalue weighted by Gasteiger charge is 2.14. The molecule has 0 radical (unpaired) electrons. The van der Waals surface area contributed by atoms with Crippen LogP contribution in [0.5, 0.6) is 0 Å². The van der Waals surface area contributed by atoms with E-state index in [0.717, 1.165) is 4.47 Å². The van der Waals surface area contributed by atoms with Gasteiger partial charge in [0.05, 0.1) is 23.5 Å². The van der Waals surface area contributed by atoms with E-state index < -0.39 is 0 Å². The first-order valence-corrected chi connectivity index (χ1v) is 5.60. The van der Waals surface area contributed by atoms with Crippen LogP contribution in [-0.4, -0.2) is 31.2 Å². The summed E-state index contributed by atoms with van der Waals surface area (Å²) in [6.45, 7) is 2.76. The number of nitrogens with two attached hydrogens (primary N) is 1. The van der Waals surface area contributed by atoms with Crippen molar-refractivity contribution in [1.82, 2.24) is 4.98 Å². The summed E-state index contributed by atoms with van der Waals surface area (Å²) in [5.74, 6) is 0.384. The van der Waals surface area contributed by atoms with Crippen molar-refractivity contribution in [2.24, 2.45) is 0 Å². The first-order valence-electron chi connectivity index (χ1n) is 4.81. The Hall–Kier alpha value is -1.30. The molecule has 0 aliphatic carbocycles. The zero-order valence-electron chi connectivity index (χ0n) is 9.24. The van der Waals surface area contributed by atoms with Crippen LogP contribution >= 0.6 is 15.9 Å². The molecular formula is C10H14BrN3O2. The van der Waals surface area contributed by atoms with Crippen molar-refractivity contribution in [2.75, 3.05) is 30.8 Å². The van der Waals surface area contributed by atoms with Crippen LogP contribution in [0.2, 0.25) is 0 Å². The van der Waals surface area contributed by atoms with Crippen molar-refractivity contribution in [3.63, 3.8) is 0 Å². The Morgan fingerprint density at radius 1 is 1.69 bits per heavy atom. The molecule has 5 nitrogen and oxygen atoms in total.